The van der Waals surface area contributed by atoms with E-state index in [1.165, 1.54) is 31.3 Å². The van der Waals surface area contributed by atoms with Crippen molar-refractivity contribution in [2.45, 2.75) is 44.9 Å². The molecule has 1 aromatic carbocycles. The summed E-state index contributed by atoms with van der Waals surface area (Å²) in [5.41, 5.74) is 2.40. The first-order valence-electron chi connectivity index (χ1n) is 8.86. The SMILES string of the molecule is O=C(CCc1ncc(-c2ccc(Cl)cc2)o1)NCCC1=CCCCC1. The van der Waals surface area contributed by atoms with Gasteiger partial charge in [-0.3, -0.25) is 4.79 Å². The van der Waals surface area contributed by atoms with Gasteiger partial charge >= 0.3 is 0 Å². The molecule has 5 heteroatoms. The van der Waals surface area contributed by atoms with E-state index in [1.54, 1.807) is 6.20 Å². The maximum Gasteiger partial charge on any atom is 0.220 e. The van der Waals surface area contributed by atoms with Crippen molar-refractivity contribution in [3.63, 3.8) is 0 Å². The summed E-state index contributed by atoms with van der Waals surface area (Å²) in [6, 6.07) is 7.40. The van der Waals surface area contributed by atoms with Gasteiger partial charge in [0.25, 0.3) is 0 Å². The second kappa shape index (κ2) is 8.86. The summed E-state index contributed by atoms with van der Waals surface area (Å²) in [7, 11) is 0. The molecule has 25 heavy (non-hydrogen) atoms. The van der Waals surface area contributed by atoms with E-state index in [2.05, 4.69) is 16.4 Å². The van der Waals surface area contributed by atoms with Gasteiger partial charge in [-0.05, 0) is 56.4 Å². The van der Waals surface area contributed by atoms with Gasteiger partial charge in [0.1, 0.15) is 0 Å². The van der Waals surface area contributed by atoms with Crippen LogP contribution in [0.4, 0.5) is 0 Å². The number of aromatic nitrogens is 1. The Morgan fingerprint density at radius 3 is 2.80 bits per heavy atom. The Hall–Kier alpha value is -2.07. The summed E-state index contributed by atoms with van der Waals surface area (Å²) in [5, 5.41) is 3.67. The lowest BCUT2D eigenvalue weighted by Crippen LogP contribution is -2.25. The van der Waals surface area contributed by atoms with Crippen molar-refractivity contribution in [1.82, 2.24) is 10.3 Å². The standard InChI is InChI=1S/C20H23ClN2O2/c21-17-8-6-16(7-9-17)18-14-23-20(25-18)11-10-19(24)22-13-12-15-4-2-1-3-5-15/h4,6-9,14H,1-3,5,10-13H2,(H,22,24). The van der Waals surface area contributed by atoms with Gasteiger partial charge in [-0.2, -0.15) is 0 Å². The Labute approximate surface area is 153 Å². The third-order valence-electron chi connectivity index (χ3n) is 4.40. The molecule has 2 aromatic rings. The van der Waals surface area contributed by atoms with Gasteiger partial charge < -0.3 is 9.73 Å². The van der Waals surface area contributed by atoms with Crippen molar-refractivity contribution < 1.29 is 9.21 Å². The number of oxazole rings is 1. The highest BCUT2D eigenvalue weighted by Gasteiger charge is 2.09. The van der Waals surface area contributed by atoms with Crippen LogP contribution in [-0.2, 0) is 11.2 Å². The topological polar surface area (TPSA) is 55.1 Å². The predicted molar refractivity (Wildman–Crippen MR) is 99.4 cm³/mol. The Bertz CT molecular complexity index is 734. The summed E-state index contributed by atoms with van der Waals surface area (Å²) in [6.07, 6.45) is 10.8. The van der Waals surface area contributed by atoms with Crippen molar-refractivity contribution in [3.05, 3.63) is 53.0 Å². The lowest BCUT2D eigenvalue weighted by atomic mass is 9.97. The molecule has 0 saturated heterocycles. The molecule has 1 heterocycles. The van der Waals surface area contributed by atoms with Gasteiger partial charge in [0, 0.05) is 30.0 Å². The number of nitrogens with one attached hydrogen (secondary N) is 1. The van der Waals surface area contributed by atoms with Crippen LogP contribution in [0.2, 0.25) is 5.02 Å². The zero-order valence-corrected chi connectivity index (χ0v) is 15.0. The molecule has 4 nitrogen and oxygen atoms in total. The Balaban J connectivity index is 1.41. The zero-order valence-electron chi connectivity index (χ0n) is 14.3. The smallest absolute Gasteiger partial charge is 0.220 e. The van der Waals surface area contributed by atoms with Gasteiger partial charge in [-0.15, -0.1) is 0 Å². The molecule has 0 aliphatic heterocycles. The number of aryl methyl sites for hydroxylation is 1. The third-order valence-corrected chi connectivity index (χ3v) is 4.65. The maximum absolute atomic E-state index is 12.0. The molecule has 3 rings (SSSR count). The van der Waals surface area contributed by atoms with Crippen molar-refractivity contribution >= 4 is 17.5 Å². The number of carbonyl (C=O) groups is 1. The fourth-order valence-corrected chi connectivity index (χ4v) is 3.10. The van der Waals surface area contributed by atoms with Crippen LogP contribution in [0, 0.1) is 0 Å². The van der Waals surface area contributed by atoms with Crippen molar-refractivity contribution in [2.75, 3.05) is 6.54 Å². The monoisotopic (exact) mass is 358 g/mol. The second-order valence-corrected chi connectivity index (χ2v) is 6.77. The normalized spacial score (nSPS) is 14.2. The number of hydrogen-bond acceptors (Lipinski definition) is 3. The number of amides is 1. The van der Waals surface area contributed by atoms with Crippen LogP contribution < -0.4 is 5.32 Å². The Morgan fingerprint density at radius 2 is 2.04 bits per heavy atom. The minimum Gasteiger partial charge on any atom is -0.441 e. The van der Waals surface area contributed by atoms with E-state index in [9.17, 15) is 4.79 Å². The van der Waals surface area contributed by atoms with Gasteiger partial charge in [0.05, 0.1) is 6.20 Å². The first-order chi connectivity index (χ1) is 12.2. The molecule has 0 fully saturated rings. The van der Waals surface area contributed by atoms with Crippen LogP contribution in [0.25, 0.3) is 11.3 Å². The van der Waals surface area contributed by atoms with Gasteiger partial charge in [-0.25, -0.2) is 4.98 Å². The number of benzene rings is 1. The number of halogens is 1. The van der Waals surface area contributed by atoms with Crippen LogP contribution in [0.1, 0.15) is 44.4 Å². The molecule has 1 amide bonds. The van der Waals surface area contributed by atoms with Crippen LogP contribution >= 0.6 is 11.6 Å². The van der Waals surface area contributed by atoms with E-state index in [4.69, 9.17) is 16.0 Å². The van der Waals surface area contributed by atoms with Crippen molar-refractivity contribution in [2.24, 2.45) is 0 Å². The van der Waals surface area contributed by atoms with Gasteiger partial charge in [0.2, 0.25) is 5.91 Å². The highest BCUT2D eigenvalue weighted by molar-refractivity contribution is 6.30. The number of nitrogens with zero attached hydrogens (tertiary/aromatic N) is 1. The lowest BCUT2D eigenvalue weighted by Gasteiger charge is -2.12. The summed E-state index contributed by atoms with van der Waals surface area (Å²) in [4.78, 5) is 16.2. The van der Waals surface area contributed by atoms with E-state index in [1.807, 2.05) is 24.3 Å². The molecule has 1 N–H and O–H groups in total. The number of allylic oxidation sites excluding steroid dienone is 1. The molecule has 132 valence electrons. The van der Waals surface area contributed by atoms with Crippen LogP contribution in [-0.4, -0.2) is 17.4 Å². The predicted octanol–water partition coefficient (Wildman–Crippen LogP) is 4.93. The van der Waals surface area contributed by atoms with Crippen molar-refractivity contribution in [3.8, 4) is 11.3 Å². The fourth-order valence-electron chi connectivity index (χ4n) is 2.98. The molecule has 1 aromatic heterocycles. The molecular weight excluding hydrogens is 336 g/mol. The molecule has 1 aliphatic rings. The number of hydrogen-bond donors (Lipinski definition) is 1. The average molecular weight is 359 g/mol. The molecule has 0 radical (unpaired) electrons. The van der Waals surface area contributed by atoms with Crippen LogP contribution in [0.5, 0.6) is 0 Å². The summed E-state index contributed by atoms with van der Waals surface area (Å²) in [5.74, 6) is 1.31. The summed E-state index contributed by atoms with van der Waals surface area (Å²) >= 11 is 5.89. The van der Waals surface area contributed by atoms with Crippen LogP contribution in [0.3, 0.4) is 0 Å². The number of carbonyl (C=O) groups excluding carboxylic acids is 1. The molecular formula is C20H23ClN2O2. The van der Waals surface area contributed by atoms with Crippen LogP contribution in [0.15, 0.2) is 46.5 Å². The van der Waals surface area contributed by atoms with E-state index < -0.39 is 0 Å². The Morgan fingerprint density at radius 1 is 1.20 bits per heavy atom. The molecule has 0 atom stereocenters. The van der Waals surface area contributed by atoms with E-state index in [0.717, 1.165) is 12.0 Å². The molecule has 1 aliphatic carbocycles. The quantitative estimate of drug-likeness (QED) is 0.713. The first-order valence-corrected chi connectivity index (χ1v) is 9.24. The lowest BCUT2D eigenvalue weighted by molar-refractivity contribution is -0.121. The minimum absolute atomic E-state index is 0.0441. The Kier molecular flexibility index (Phi) is 6.29. The largest absolute Gasteiger partial charge is 0.441 e. The summed E-state index contributed by atoms with van der Waals surface area (Å²) in [6.45, 7) is 0.715. The fraction of sp³-hybridized carbons (Fsp3) is 0.400. The maximum atomic E-state index is 12.0. The zero-order chi connectivity index (χ0) is 17.5. The highest BCUT2D eigenvalue weighted by atomic mass is 35.5. The minimum atomic E-state index is 0.0441. The van der Waals surface area contributed by atoms with E-state index in [-0.39, 0.29) is 5.91 Å². The van der Waals surface area contributed by atoms with Gasteiger partial charge in [0.15, 0.2) is 11.7 Å². The molecule has 0 spiro atoms. The molecule has 0 unspecified atom stereocenters. The van der Waals surface area contributed by atoms with E-state index in [0.29, 0.717) is 36.1 Å². The molecule has 0 saturated carbocycles. The third kappa shape index (κ3) is 5.46. The number of rotatable bonds is 7. The average Bonchev–Trinajstić information content (AvgIpc) is 3.10. The molecule has 0 bridgehead atoms. The first kappa shape index (κ1) is 17.7. The summed E-state index contributed by atoms with van der Waals surface area (Å²) < 4.78 is 5.72. The van der Waals surface area contributed by atoms with Gasteiger partial charge in [-0.1, -0.05) is 23.3 Å². The van der Waals surface area contributed by atoms with E-state index >= 15 is 0 Å². The van der Waals surface area contributed by atoms with Crippen molar-refractivity contribution in [1.29, 1.82) is 0 Å². The highest BCUT2D eigenvalue weighted by Crippen LogP contribution is 2.23. The second-order valence-electron chi connectivity index (χ2n) is 6.33.